The summed E-state index contributed by atoms with van der Waals surface area (Å²) < 4.78 is 25.3. The van der Waals surface area contributed by atoms with Crippen molar-refractivity contribution >= 4 is 5.91 Å². The highest BCUT2D eigenvalue weighted by Crippen LogP contribution is 2.35. The predicted octanol–water partition coefficient (Wildman–Crippen LogP) is 0.0409. The molecule has 8 heteroatoms. The topological polar surface area (TPSA) is 67.6 Å². The van der Waals surface area contributed by atoms with E-state index in [-0.39, 0.29) is 6.54 Å². The minimum atomic E-state index is -2.73. The van der Waals surface area contributed by atoms with E-state index in [1.807, 2.05) is 6.92 Å². The fourth-order valence-electron chi connectivity index (χ4n) is 2.11. The van der Waals surface area contributed by atoms with Crippen LogP contribution in [-0.4, -0.2) is 55.4 Å². The number of halogens is 2. The van der Waals surface area contributed by atoms with E-state index < -0.39 is 29.0 Å². The summed E-state index contributed by atoms with van der Waals surface area (Å²) in [5, 5.41) is 3.82. The maximum Gasteiger partial charge on any atom is 0.295 e. The van der Waals surface area contributed by atoms with Gasteiger partial charge in [-0.3, -0.25) is 4.79 Å². The van der Waals surface area contributed by atoms with Crippen LogP contribution < -0.4 is 11.2 Å². The second-order valence-corrected chi connectivity index (χ2v) is 4.68. The van der Waals surface area contributed by atoms with E-state index in [0.29, 0.717) is 6.54 Å². The van der Waals surface area contributed by atoms with Crippen LogP contribution in [0.5, 0.6) is 0 Å². The average molecular weight is 279 g/mol. The second-order valence-electron chi connectivity index (χ2n) is 4.68. The molecule has 0 spiro atoms. The number of quaternary nitrogens is 1. The number of carbonyl (C=O) groups excluding carboxylic acids is 1. The number of allylic oxidation sites excluding steroid dienone is 1. The molecule has 1 aliphatic heterocycles. The van der Waals surface area contributed by atoms with Crippen molar-refractivity contribution in [3.05, 3.63) is 12.2 Å². The van der Waals surface area contributed by atoms with Crippen molar-refractivity contribution in [2.45, 2.75) is 19.4 Å². The molecule has 0 saturated carbocycles. The van der Waals surface area contributed by atoms with Crippen molar-refractivity contribution in [2.24, 2.45) is 11.8 Å². The molecule has 6 nitrogen and oxygen atoms in total. The zero-order chi connectivity index (χ0) is 14.6. The normalized spacial score (nSPS) is 30.9. The molecule has 110 valence electrons. The van der Waals surface area contributed by atoms with Gasteiger partial charge in [-0.25, -0.2) is 8.78 Å². The van der Waals surface area contributed by atoms with Crippen LogP contribution in [-0.2, 0) is 9.73 Å². The van der Waals surface area contributed by atoms with Crippen LogP contribution in [0.1, 0.15) is 6.92 Å². The Balaban J connectivity index is 2.65. The van der Waals surface area contributed by atoms with Gasteiger partial charge >= 0.3 is 0 Å². The first-order chi connectivity index (χ1) is 8.81. The fraction of sp³-hybridized carbons (Fsp3) is 0.727. The first-order valence-corrected chi connectivity index (χ1v) is 6.02. The molecule has 0 aromatic carbocycles. The standard InChI is InChI=1S/C11H20F2N4O2/c1-4-5-6-15-11(18)8-7-17(14,19-16(2)3)9(8)10(12)13/h4-5,8-10H,6-7,14H2,1-3H3/p+1/b5-4+. The highest BCUT2D eigenvalue weighted by molar-refractivity contribution is 5.80. The lowest BCUT2D eigenvalue weighted by Gasteiger charge is -2.48. The molecule has 1 saturated heterocycles. The van der Waals surface area contributed by atoms with Crippen LogP contribution in [0.15, 0.2) is 12.2 Å². The van der Waals surface area contributed by atoms with Gasteiger partial charge in [0.25, 0.3) is 6.43 Å². The SMILES string of the molecule is C/C=C/CNC(=O)C1C[N+](N)(ON(C)C)C1C(F)F. The number of hydroxylamine groups is 4. The van der Waals surface area contributed by atoms with Gasteiger partial charge in [0.15, 0.2) is 5.92 Å². The van der Waals surface area contributed by atoms with Crippen LogP contribution in [0.4, 0.5) is 8.78 Å². The molecule has 19 heavy (non-hydrogen) atoms. The second kappa shape index (κ2) is 6.38. The summed E-state index contributed by atoms with van der Waals surface area (Å²) >= 11 is 0. The van der Waals surface area contributed by atoms with Crippen molar-refractivity contribution in [3.8, 4) is 0 Å². The third kappa shape index (κ3) is 3.69. The summed E-state index contributed by atoms with van der Waals surface area (Å²) in [5.41, 5.74) is 0. The molecule has 0 aliphatic carbocycles. The van der Waals surface area contributed by atoms with Gasteiger partial charge in [-0.15, -0.1) is 10.9 Å². The Bertz CT molecular complexity index is 352. The quantitative estimate of drug-likeness (QED) is 0.312. The van der Waals surface area contributed by atoms with Gasteiger partial charge in [0.1, 0.15) is 6.54 Å². The molecule has 3 N–H and O–H groups in total. The average Bonchev–Trinajstić information content (AvgIpc) is 2.24. The lowest BCUT2D eigenvalue weighted by atomic mass is 9.89. The first kappa shape index (κ1) is 16.0. The fourth-order valence-corrected chi connectivity index (χ4v) is 2.11. The van der Waals surface area contributed by atoms with E-state index in [1.165, 1.54) is 5.06 Å². The molecule has 0 bridgehead atoms. The lowest BCUT2D eigenvalue weighted by molar-refractivity contribution is -1.19. The molecule has 1 aliphatic rings. The molecular weight excluding hydrogens is 258 g/mol. The number of amides is 1. The Morgan fingerprint density at radius 3 is 2.74 bits per heavy atom. The summed E-state index contributed by atoms with van der Waals surface area (Å²) in [7, 11) is 3.10. The number of alkyl halides is 2. The molecule has 1 amide bonds. The molecule has 1 heterocycles. The Kier molecular flexibility index (Phi) is 5.36. The van der Waals surface area contributed by atoms with E-state index in [2.05, 4.69) is 5.32 Å². The van der Waals surface area contributed by atoms with Crippen LogP contribution in [0.25, 0.3) is 0 Å². The van der Waals surface area contributed by atoms with E-state index in [0.717, 1.165) is 0 Å². The smallest absolute Gasteiger partial charge is 0.295 e. The van der Waals surface area contributed by atoms with E-state index >= 15 is 0 Å². The van der Waals surface area contributed by atoms with Crippen LogP contribution in [0.2, 0.25) is 0 Å². The first-order valence-electron chi connectivity index (χ1n) is 6.02. The van der Waals surface area contributed by atoms with Gasteiger partial charge in [-0.05, 0) is 6.92 Å². The number of nitrogens with two attached hydrogens (primary N) is 1. The Labute approximate surface area is 111 Å². The van der Waals surface area contributed by atoms with Crippen molar-refractivity contribution in [1.29, 1.82) is 0 Å². The van der Waals surface area contributed by atoms with Crippen molar-refractivity contribution < 1.29 is 23.3 Å². The highest BCUT2D eigenvalue weighted by atomic mass is 19.3. The Hall–Kier alpha value is -1.09. The molecule has 0 radical (unpaired) electrons. The summed E-state index contributed by atoms with van der Waals surface area (Å²) in [5.74, 6) is 4.47. The summed E-state index contributed by atoms with van der Waals surface area (Å²) in [4.78, 5) is 16.9. The van der Waals surface area contributed by atoms with Gasteiger partial charge in [0.2, 0.25) is 11.9 Å². The van der Waals surface area contributed by atoms with E-state index in [4.69, 9.17) is 10.8 Å². The van der Waals surface area contributed by atoms with Crippen LogP contribution in [0, 0.1) is 5.92 Å². The Morgan fingerprint density at radius 2 is 2.26 bits per heavy atom. The zero-order valence-electron chi connectivity index (χ0n) is 11.3. The van der Waals surface area contributed by atoms with Crippen LogP contribution in [0.3, 0.4) is 0 Å². The summed E-state index contributed by atoms with van der Waals surface area (Å²) in [6.07, 6.45) is 0.773. The monoisotopic (exact) mass is 279 g/mol. The molecule has 3 atom stereocenters. The predicted molar refractivity (Wildman–Crippen MR) is 65.2 cm³/mol. The Morgan fingerprint density at radius 1 is 1.63 bits per heavy atom. The zero-order valence-corrected chi connectivity index (χ0v) is 11.3. The molecule has 1 rings (SSSR count). The number of rotatable bonds is 6. The number of carbonyl (C=O) groups is 1. The number of nitrogens with one attached hydrogen (secondary N) is 1. The third-order valence-electron chi connectivity index (χ3n) is 2.94. The summed E-state index contributed by atoms with van der Waals surface area (Å²) in [6.45, 7) is 2.15. The van der Waals surface area contributed by atoms with Crippen molar-refractivity contribution in [2.75, 3.05) is 27.2 Å². The molecule has 1 fully saturated rings. The minimum absolute atomic E-state index is 0.0227. The third-order valence-corrected chi connectivity index (χ3v) is 2.94. The van der Waals surface area contributed by atoms with Gasteiger partial charge in [-0.1, -0.05) is 21.8 Å². The van der Waals surface area contributed by atoms with Gasteiger partial charge in [0.05, 0.1) is 0 Å². The van der Waals surface area contributed by atoms with Crippen LogP contribution >= 0.6 is 0 Å². The van der Waals surface area contributed by atoms with Crippen molar-refractivity contribution in [1.82, 2.24) is 10.4 Å². The van der Waals surface area contributed by atoms with Crippen molar-refractivity contribution in [3.63, 3.8) is 0 Å². The molecule has 0 aromatic rings. The van der Waals surface area contributed by atoms with Gasteiger partial charge in [-0.2, -0.15) is 0 Å². The van der Waals surface area contributed by atoms with E-state index in [9.17, 15) is 13.6 Å². The van der Waals surface area contributed by atoms with E-state index in [1.54, 1.807) is 26.2 Å². The number of nitrogens with zero attached hydrogens (tertiary/aromatic N) is 2. The van der Waals surface area contributed by atoms with Gasteiger partial charge < -0.3 is 5.32 Å². The maximum atomic E-state index is 13.0. The van der Waals surface area contributed by atoms with Gasteiger partial charge in [0, 0.05) is 20.6 Å². The molecule has 3 unspecified atom stereocenters. The minimum Gasteiger partial charge on any atom is -0.352 e. The molecule has 0 aromatic heterocycles. The summed E-state index contributed by atoms with van der Waals surface area (Å²) in [6, 6.07) is -1.35. The highest BCUT2D eigenvalue weighted by Gasteiger charge is 2.64. The maximum absolute atomic E-state index is 13.0. The largest absolute Gasteiger partial charge is 0.352 e. The number of hydrogen-bond acceptors (Lipinski definition) is 4. The molecular formula is C11H21F2N4O2+. The lowest BCUT2D eigenvalue weighted by Crippen LogP contribution is -2.79. The number of hydrogen-bond donors (Lipinski definition) is 2.